The maximum atomic E-state index is 3.63. The Bertz CT molecular complexity index is 199. The van der Waals surface area contributed by atoms with Crippen molar-refractivity contribution in [2.75, 3.05) is 19.6 Å². The summed E-state index contributed by atoms with van der Waals surface area (Å²) in [5.74, 6) is 1.01. The van der Waals surface area contributed by atoms with Gasteiger partial charge in [0, 0.05) is 18.6 Å². The average Bonchev–Trinajstić information content (AvgIpc) is 2.96. The summed E-state index contributed by atoms with van der Waals surface area (Å²) in [6.07, 6.45) is 8.52. The van der Waals surface area contributed by atoms with Crippen molar-refractivity contribution >= 4 is 0 Å². The molecule has 1 aliphatic carbocycles. The quantitative estimate of drug-likeness (QED) is 0.772. The summed E-state index contributed by atoms with van der Waals surface area (Å²) >= 11 is 0. The van der Waals surface area contributed by atoms with Gasteiger partial charge < -0.3 is 5.32 Å². The van der Waals surface area contributed by atoms with Gasteiger partial charge in [-0.25, -0.2) is 0 Å². The zero-order valence-corrected chi connectivity index (χ0v) is 11.0. The monoisotopic (exact) mass is 224 g/mol. The highest BCUT2D eigenvalue weighted by atomic mass is 15.2. The Morgan fingerprint density at radius 3 is 2.62 bits per heavy atom. The predicted octanol–water partition coefficient (Wildman–Crippen LogP) is 2.64. The van der Waals surface area contributed by atoms with Crippen molar-refractivity contribution in [2.45, 2.75) is 64.5 Å². The fourth-order valence-electron chi connectivity index (χ4n) is 3.48. The molecule has 1 N–H and O–H groups in total. The van der Waals surface area contributed by atoms with E-state index in [0.29, 0.717) is 0 Å². The van der Waals surface area contributed by atoms with Crippen molar-refractivity contribution in [3.63, 3.8) is 0 Å². The number of hydrogen-bond donors (Lipinski definition) is 1. The lowest BCUT2D eigenvalue weighted by atomic mass is 10.0. The van der Waals surface area contributed by atoms with Gasteiger partial charge in [0.2, 0.25) is 0 Å². The van der Waals surface area contributed by atoms with Gasteiger partial charge in [0.15, 0.2) is 0 Å². The lowest BCUT2D eigenvalue weighted by Gasteiger charge is -2.30. The number of nitrogens with zero attached hydrogens (tertiary/aromatic N) is 1. The molecule has 2 aliphatic rings. The molecule has 0 spiro atoms. The second kappa shape index (κ2) is 6.02. The van der Waals surface area contributed by atoms with E-state index in [-0.39, 0.29) is 0 Å². The molecule has 1 heterocycles. The average molecular weight is 224 g/mol. The summed E-state index contributed by atoms with van der Waals surface area (Å²) in [7, 11) is 0. The maximum absolute atomic E-state index is 3.63. The van der Waals surface area contributed by atoms with Gasteiger partial charge in [0.25, 0.3) is 0 Å². The van der Waals surface area contributed by atoms with Gasteiger partial charge in [-0.2, -0.15) is 0 Å². The smallest absolute Gasteiger partial charge is 0.0195 e. The Hall–Kier alpha value is -0.0800. The van der Waals surface area contributed by atoms with E-state index in [4.69, 9.17) is 0 Å². The normalized spacial score (nSPS) is 35.1. The first-order valence-electron chi connectivity index (χ1n) is 7.30. The van der Waals surface area contributed by atoms with Crippen LogP contribution >= 0.6 is 0 Å². The van der Waals surface area contributed by atoms with E-state index in [2.05, 4.69) is 24.1 Å². The Labute approximate surface area is 101 Å². The summed E-state index contributed by atoms with van der Waals surface area (Å²) in [4.78, 5) is 2.73. The molecule has 2 fully saturated rings. The molecule has 1 aliphatic heterocycles. The Kier molecular flexibility index (Phi) is 4.66. The molecule has 1 saturated carbocycles. The zero-order valence-electron chi connectivity index (χ0n) is 11.0. The number of nitrogens with one attached hydrogen (secondary N) is 1. The third-order valence-electron chi connectivity index (χ3n) is 4.63. The largest absolute Gasteiger partial charge is 0.313 e. The SMILES string of the molecule is CCC1CCC(N(CC)CC2CCCN2)C1. The van der Waals surface area contributed by atoms with Crippen LogP contribution in [0.2, 0.25) is 0 Å². The molecular weight excluding hydrogens is 196 g/mol. The molecule has 94 valence electrons. The molecule has 0 bridgehead atoms. The van der Waals surface area contributed by atoms with Gasteiger partial charge in [-0.3, -0.25) is 4.90 Å². The molecule has 0 aromatic carbocycles. The second-order valence-electron chi connectivity index (χ2n) is 5.62. The highest BCUT2D eigenvalue weighted by Gasteiger charge is 2.29. The van der Waals surface area contributed by atoms with Crippen molar-refractivity contribution in [2.24, 2.45) is 5.92 Å². The van der Waals surface area contributed by atoms with E-state index in [9.17, 15) is 0 Å². The second-order valence-corrected chi connectivity index (χ2v) is 5.62. The van der Waals surface area contributed by atoms with Crippen LogP contribution in [-0.4, -0.2) is 36.6 Å². The standard InChI is InChI=1S/C14H28N2/c1-3-12-7-8-14(10-12)16(4-2)11-13-6-5-9-15-13/h12-15H,3-11H2,1-2H3. The van der Waals surface area contributed by atoms with Crippen LogP contribution in [0, 0.1) is 5.92 Å². The molecule has 0 radical (unpaired) electrons. The van der Waals surface area contributed by atoms with Crippen molar-refractivity contribution in [3.8, 4) is 0 Å². The molecule has 0 amide bonds. The van der Waals surface area contributed by atoms with Crippen molar-refractivity contribution < 1.29 is 0 Å². The minimum atomic E-state index is 0.778. The minimum Gasteiger partial charge on any atom is -0.313 e. The summed E-state index contributed by atoms with van der Waals surface area (Å²) in [5, 5.41) is 3.63. The molecule has 3 atom stereocenters. The van der Waals surface area contributed by atoms with Crippen molar-refractivity contribution in [1.82, 2.24) is 10.2 Å². The van der Waals surface area contributed by atoms with Gasteiger partial charge in [-0.05, 0) is 51.1 Å². The van der Waals surface area contributed by atoms with Gasteiger partial charge in [-0.1, -0.05) is 20.3 Å². The van der Waals surface area contributed by atoms with Crippen LogP contribution in [0.25, 0.3) is 0 Å². The van der Waals surface area contributed by atoms with Crippen molar-refractivity contribution in [1.29, 1.82) is 0 Å². The van der Waals surface area contributed by atoms with Gasteiger partial charge >= 0.3 is 0 Å². The van der Waals surface area contributed by atoms with Gasteiger partial charge in [0.05, 0.1) is 0 Å². The van der Waals surface area contributed by atoms with E-state index in [1.807, 2.05) is 0 Å². The first-order valence-corrected chi connectivity index (χ1v) is 7.30. The summed E-state index contributed by atoms with van der Waals surface area (Å²) in [6, 6.07) is 1.66. The summed E-state index contributed by atoms with van der Waals surface area (Å²) in [5.41, 5.74) is 0. The molecule has 1 saturated heterocycles. The Morgan fingerprint density at radius 2 is 2.06 bits per heavy atom. The molecule has 3 unspecified atom stereocenters. The van der Waals surface area contributed by atoms with E-state index in [0.717, 1.165) is 18.0 Å². The van der Waals surface area contributed by atoms with Gasteiger partial charge in [0.1, 0.15) is 0 Å². The zero-order chi connectivity index (χ0) is 11.4. The number of hydrogen-bond acceptors (Lipinski definition) is 2. The predicted molar refractivity (Wildman–Crippen MR) is 69.7 cm³/mol. The number of likely N-dealkylation sites (N-methyl/N-ethyl adjacent to an activating group) is 1. The minimum absolute atomic E-state index is 0.778. The topological polar surface area (TPSA) is 15.3 Å². The van der Waals surface area contributed by atoms with E-state index in [1.165, 1.54) is 58.2 Å². The lowest BCUT2D eigenvalue weighted by molar-refractivity contribution is 0.187. The van der Waals surface area contributed by atoms with Crippen LogP contribution < -0.4 is 5.32 Å². The third-order valence-corrected chi connectivity index (χ3v) is 4.63. The maximum Gasteiger partial charge on any atom is 0.0195 e. The molecule has 0 aromatic heterocycles. The number of rotatable bonds is 5. The van der Waals surface area contributed by atoms with Crippen LogP contribution in [0.5, 0.6) is 0 Å². The Morgan fingerprint density at radius 1 is 1.19 bits per heavy atom. The van der Waals surface area contributed by atoms with Crippen LogP contribution in [-0.2, 0) is 0 Å². The summed E-state index contributed by atoms with van der Waals surface area (Å²) in [6.45, 7) is 8.44. The Balaban J connectivity index is 1.80. The van der Waals surface area contributed by atoms with Crippen LogP contribution in [0.4, 0.5) is 0 Å². The molecule has 0 aromatic rings. The fourth-order valence-corrected chi connectivity index (χ4v) is 3.48. The molecule has 2 nitrogen and oxygen atoms in total. The van der Waals surface area contributed by atoms with E-state index in [1.54, 1.807) is 0 Å². The fraction of sp³-hybridized carbons (Fsp3) is 1.00. The third kappa shape index (κ3) is 2.98. The van der Waals surface area contributed by atoms with Crippen LogP contribution in [0.1, 0.15) is 52.4 Å². The highest BCUT2D eigenvalue weighted by Crippen LogP contribution is 2.31. The molecule has 2 rings (SSSR count). The van der Waals surface area contributed by atoms with Gasteiger partial charge in [-0.15, -0.1) is 0 Å². The van der Waals surface area contributed by atoms with Crippen LogP contribution in [0.15, 0.2) is 0 Å². The summed E-state index contributed by atoms with van der Waals surface area (Å²) < 4.78 is 0. The first-order chi connectivity index (χ1) is 7.83. The van der Waals surface area contributed by atoms with Crippen molar-refractivity contribution in [3.05, 3.63) is 0 Å². The highest BCUT2D eigenvalue weighted by molar-refractivity contribution is 4.85. The van der Waals surface area contributed by atoms with Crippen LogP contribution in [0.3, 0.4) is 0 Å². The lowest BCUT2D eigenvalue weighted by Crippen LogP contribution is -2.42. The molecule has 2 heteroatoms. The molecular formula is C14H28N2. The molecule has 16 heavy (non-hydrogen) atoms. The first kappa shape index (κ1) is 12.4. The van der Waals surface area contributed by atoms with E-state index < -0.39 is 0 Å². The van der Waals surface area contributed by atoms with E-state index >= 15 is 0 Å².